The second kappa shape index (κ2) is 5.09. The number of thiazole rings is 1. The van der Waals surface area contributed by atoms with Crippen molar-refractivity contribution >= 4 is 16.5 Å². The number of rotatable bonds is 3. The first-order valence-electron chi connectivity index (χ1n) is 7.36. The van der Waals surface area contributed by atoms with Crippen molar-refractivity contribution in [3.63, 3.8) is 0 Å². The topological polar surface area (TPSA) is 37.4 Å². The summed E-state index contributed by atoms with van der Waals surface area (Å²) >= 11 is 1.73. The predicted molar refractivity (Wildman–Crippen MR) is 84.5 cm³/mol. The van der Waals surface area contributed by atoms with E-state index in [9.17, 15) is 0 Å². The number of likely N-dealkylation sites (tertiary alicyclic amines) is 1. The third-order valence-electron chi connectivity index (χ3n) is 4.47. The Morgan fingerprint density at radius 2 is 2.33 bits per heavy atom. The van der Waals surface area contributed by atoms with Gasteiger partial charge in [-0.25, -0.2) is 4.98 Å². The summed E-state index contributed by atoms with van der Waals surface area (Å²) in [5.41, 5.74) is 2.68. The zero-order valence-corrected chi connectivity index (χ0v) is 12.9. The average molecular weight is 301 g/mol. The van der Waals surface area contributed by atoms with Crippen LogP contribution in [0.1, 0.15) is 22.4 Å². The lowest BCUT2D eigenvalue weighted by atomic mass is 9.92. The number of anilines is 1. The molecule has 0 amide bonds. The molecule has 1 N–H and O–H groups in total. The third-order valence-corrected chi connectivity index (χ3v) is 5.47. The van der Waals surface area contributed by atoms with Gasteiger partial charge in [-0.3, -0.25) is 4.90 Å². The van der Waals surface area contributed by atoms with Crippen LogP contribution in [-0.2, 0) is 23.5 Å². The maximum absolute atomic E-state index is 6.20. The summed E-state index contributed by atoms with van der Waals surface area (Å²) in [6.45, 7) is 3.79. The summed E-state index contributed by atoms with van der Waals surface area (Å²) in [6.07, 6.45) is 3.06. The van der Waals surface area contributed by atoms with Gasteiger partial charge in [-0.15, -0.1) is 11.3 Å². The van der Waals surface area contributed by atoms with Crippen molar-refractivity contribution < 1.29 is 4.74 Å². The number of hydrogen-bond donors (Lipinski definition) is 1. The van der Waals surface area contributed by atoms with E-state index >= 15 is 0 Å². The Hall–Kier alpha value is -1.43. The summed E-state index contributed by atoms with van der Waals surface area (Å²) in [5, 5.41) is 4.09. The number of fused-ring (bicyclic) bond motifs is 2. The highest BCUT2D eigenvalue weighted by Gasteiger charge is 2.45. The van der Waals surface area contributed by atoms with Gasteiger partial charge in [-0.2, -0.15) is 0 Å². The van der Waals surface area contributed by atoms with Gasteiger partial charge in [0, 0.05) is 37.8 Å². The van der Waals surface area contributed by atoms with Crippen LogP contribution in [-0.4, -0.2) is 30.0 Å². The van der Waals surface area contributed by atoms with Crippen LogP contribution in [0.25, 0.3) is 0 Å². The molecule has 110 valence electrons. The molecule has 21 heavy (non-hydrogen) atoms. The molecule has 4 nitrogen and oxygen atoms in total. The van der Waals surface area contributed by atoms with Crippen LogP contribution in [0.2, 0.25) is 0 Å². The highest BCUT2D eigenvalue weighted by atomic mass is 32.1. The van der Waals surface area contributed by atoms with Gasteiger partial charge in [0.15, 0.2) is 5.13 Å². The van der Waals surface area contributed by atoms with E-state index in [0.717, 1.165) is 37.8 Å². The van der Waals surface area contributed by atoms with E-state index in [0.29, 0.717) is 0 Å². The van der Waals surface area contributed by atoms with Crippen LogP contribution >= 0.6 is 11.3 Å². The first kappa shape index (κ1) is 13.2. The van der Waals surface area contributed by atoms with Gasteiger partial charge in [0.2, 0.25) is 0 Å². The smallest absolute Gasteiger partial charge is 0.182 e. The fourth-order valence-corrected chi connectivity index (χ4v) is 4.24. The quantitative estimate of drug-likeness (QED) is 0.946. The van der Waals surface area contributed by atoms with Gasteiger partial charge in [-0.05, 0) is 17.5 Å². The van der Waals surface area contributed by atoms with Gasteiger partial charge in [0.25, 0.3) is 0 Å². The van der Waals surface area contributed by atoms with Gasteiger partial charge in [-0.1, -0.05) is 24.3 Å². The van der Waals surface area contributed by atoms with E-state index in [4.69, 9.17) is 4.74 Å². The van der Waals surface area contributed by atoms with Crippen LogP contribution < -0.4 is 5.32 Å². The number of aromatic nitrogens is 1. The standard InChI is InChI=1S/C16H19N3OS/c1-17-15-18-8-13(21-15)9-19-7-6-16(11-19)14-5-3-2-4-12(14)10-20-16/h2-5,8H,6-7,9-11H2,1H3,(H,17,18). The number of benzene rings is 1. The predicted octanol–water partition coefficient (Wildman–Crippen LogP) is 2.82. The van der Waals surface area contributed by atoms with E-state index in [1.807, 2.05) is 13.2 Å². The molecule has 0 saturated carbocycles. The van der Waals surface area contributed by atoms with Crippen molar-refractivity contribution in [2.24, 2.45) is 0 Å². The molecule has 2 aromatic rings. The minimum atomic E-state index is -0.0763. The van der Waals surface area contributed by atoms with E-state index in [1.54, 1.807) is 11.3 Å². The van der Waals surface area contributed by atoms with Crippen molar-refractivity contribution in [1.29, 1.82) is 0 Å². The maximum atomic E-state index is 6.20. The SMILES string of the molecule is CNc1ncc(CN2CCC3(C2)OCc2ccccc23)s1. The maximum Gasteiger partial charge on any atom is 0.182 e. The van der Waals surface area contributed by atoms with E-state index in [1.165, 1.54) is 16.0 Å². The molecule has 0 aliphatic carbocycles. The van der Waals surface area contributed by atoms with Crippen molar-refractivity contribution in [2.45, 2.75) is 25.2 Å². The molecule has 5 heteroatoms. The second-order valence-corrected chi connectivity index (χ2v) is 6.90. The number of nitrogens with one attached hydrogen (secondary N) is 1. The van der Waals surface area contributed by atoms with Gasteiger partial charge in [0.1, 0.15) is 5.60 Å². The highest BCUT2D eigenvalue weighted by molar-refractivity contribution is 7.15. The fraction of sp³-hybridized carbons (Fsp3) is 0.438. The zero-order valence-electron chi connectivity index (χ0n) is 12.1. The van der Waals surface area contributed by atoms with Gasteiger partial charge in [0.05, 0.1) is 6.61 Å². The van der Waals surface area contributed by atoms with E-state index in [2.05, 4.69) is 39.5 Å². The van der Waals surface area contributed by atoms with Crippen LogP contribution in [0, 0.1) is 0 Å². The molecule has 0 bridgehead atoms. The lowest BCUT2D eigenvalue weighted by Gasteiger charge is -2.24. The minimum Gasteiger partial charge on any atom is -0.365 e. The zero-order chi connectivity index (χ0) is 14.3. The lowest BCUT2D eigenvalue weighted by molar-refractivity contribution is -0.0298. The second-order valence-electron chi connectivity index (χ2n) is 5.78. The van der Waals surface area contributed by atoms with Crippen LogP contribution in [0.5, 0.6) is 0 Å². The molecule has 1 aromatic heterocycles. The van der Waals surface area contributed by atoms with Crippen LogP contribution in [0.15, 0.2) is 30.5 Å². The molecule has 0 radical (unpaired) electrons. The van der Waals surface area contributed by atoms with Gasteiger partial charge < -0.3 is 10.1 Å². The minimum absolute atomic E-state index is 0.0763. The van der Waals surface area contributed by atoms with Crippen molar-refractivity contribution in [2.75, 3.05) is 25.5 Å². The fourth-order valence-electron chi connectivity index (χ4n) is 3.43. The van der Waals surface area contributed by atoms with E-state index < -0.39 is 0 Å². The molecule has 4 rings (SSSR count). The molecule has 1 saturated heterocycles. The van der Waals surface area contributed by atoms with Crippen LogP contribution in [0.4, 0.5) is 5.13 Å². The summed E-state index contributed by atoms with van der Waals surface area (Å²) in [4.78, 5) is 8.14. The largest absolute Gasteiger partial charge is 0.365 e. The monoisotopic (exact) mass is 301 g/mol. The summed E-state index contributed by atoms with van der Waals surface area (Å²) in [5.74, 6) is 0. The Balaban J connectivity index is 1.50. The molecule has 3 heterocycles. The van der Waals surface area contributed by atoms with Crippen molar-refractivity contribution in [1.82, 2.24) is 9.88 Å². The summed E-state index contributed by atoms with van der Waals surface area (Å²) in [6, 6.07) is 8.65. The van der Waals surface area contributed by atoms with Crippen molar-refractivity contribution in [3.8, 4) is 0 Å². The number of hydrogen-bond acceptors (Lipinski definition) is 5. The Labute approximate surface area is 128 Å². The molecule has 2 aliphatic rings. The molecule has 1 spiro atoms. The third kappa shape index (κ3) is 2.25. The first-order chi connectivity index (χ1) is 10.3. The molecule has 2 aliphatic heterocycles. The lowest BCUT2D eigenvalue weighted by Crippen LogP contribution is -2.30. The number of ether oxygens (including phenoxy) is 1. The van der Waals surface area contributed by atoms with Crippen LogP contribution in [0.3, 0.4) is 0 Å². The Morgan fingerprint density at radius 1 is 1.43 bits per heavy atom. The normalized spacial score (nSPS) is 24.6. The molecular formula is C16H19N3OS. The highest BCUT2D eigenvalue weighted by Crippen LogP contribution is 2.43. The average Bonchev–Trinajstić information content (AvgIpc) is 3.21. The van der Waals surface area contributed by atoms with E-state index in [-0.39, 0.29) is 5.60 Å². The number of nitrogens with zero attached hydrogens (tertiary/aromatic N) is 2. The molecule has 1 aromatic carbocycles. The Kier molecular flexibility index (Phi) is 3.21. The Bertz CT molecular complexity index is 656. The first-order valence-corrected chi connectivity index (χ1v) is 8.18. The Morgan fingerprint density at radius 3 is 3.19 bits per heavy atom. The molecule has 1 unspecified atom stereocenters. The summed E-state index contributed by atoms with van der Waals surface area (Å²) in [7, 11) is 1.91. The molecular weight excluding hydrogens is 282 g/mol. The summed E-state index contributed by atoms with van der Waals surface area (Å²) < 4.78 is 6.20. The van der Waals surface area contributed by atoms with Gasteiger partial charge >= 0.3 is 0 Å². The molecule has 1 fully saturated rings. The molecule has 1 atom stereocenters. The van der Waals surface area contributed by atoms with Crippen molar-refractivity contribution in [3.05, 3.63) is 46.5 Å².